The average molecular weight is 399 g/mol. The molecule has 0 aliphatic carbocycles. The maximum absolute atomic E-state index is 13.1. The number of amides is 1. The second-order valence-electron chi connectivity index (χ2n) is 6.15. The summed E-state index contributed by atoms with van der Waals surface area (Å²) in [5.41, 5.74) is -0.505. The zero-order chi connectivity index (χ0) is 20.2. The van der Waals surface area contributed by atoms with Crippen LogP contribution < -0.4 is 5.30 Å². The number of carbonyl (C=O) groups is 2. The van der Waals surface area contributed by atoms with Crippen molar-refractivity contribution in [1.29, 1.82) is 0 Å². The van der Waals surface area contributed by atoms with Crippen LogP contribution in [0.5, 0.6) is 0 Å². The van der Waals surface area contributed by atoms with E-state index in [0.717, 1.165) is 5.56 Å². The van der Waals surface area contributed by atoms with E-state index >= 15 is 0 Å². The molecule has 0 saturated carbocycles. The highest BCUT2D eigenvalue weighted by Gasteiger charge is 2.49. The molecule has 1 amide bonds. The zero-order valence-electron chi connectivity index (χ0n) is 16.1. The topological polar surface area (TPSA) is 102 Å². The van der Waals surface area contributed by atoms with E-state index in [4.69, 9.17) is 13.8 Å². The van der Waals surface area contributed by atoms with E-state index in [1.807, 2.05) is 0 Å². The van der Waals surface area contributed by atoms with Crippen molar-refractivity contribution in [2.24, 2.45) is 0 Å². The minimum Gasteiger partial charge on any atom is -0.479 e. The van der Waals surface area contributed by atoms with Crippen molar-refractivity contribution in [1.82, 2.24) is 4.90 Å². The quantitative estimate of drug-likeness (QED) is 0.703. The Balaban J connectivity index is 2.60. The molecule has 0 saturated heterocycles. The Bertz CT molecular complexity index is 756. The standard InChI is InChI=1S/C18H26NO7P/c1-5-24-17(22)19-11-10-13-8-9-14(27(23,25-6-2)26-7-3)12-15(13)18(19,4)16(20)21/h8-9,12H,5-7,10-11H2,1-4H3,(H,20,21). The fourth-order valence-electron chi connectivity index (χ4n) is 3.24. The largest absolute Gasteiger partial charge is 0.479 e. The molecule has 1 aromatic rings. The van der Waals surface area contributed by atoms with Crippen molar-refractivity contribution in [2.45, 2.75) is 39.7 Å². The molecule has 1 aromatic carbocycles. The molecule has 0 aromatic heterocycles. The maximum Gasteiger partial charge on any atom is 0.410 e. The van der Waals surface area contributed by atoms with Gasteiger partial charge in [0.15, 0.2) is 5.54 Å². The lowest BCUT2D eigenvalue weighted by Gasteiger charge is -2.42. The summed E-state index contributed by atoms with van der Waals surface area (Å²) in [5.74, 6) is -1.20. The van der Waals surface area contributed by atoms with Gasteiger partial charge in [0, 0.05) is 6.54 Å². The van der Waals surface area contributed by atoms with Gasteiger partial charge in [-0.25, -0.2) is 9.59 Å². The Morgan fingerprint density at radius 3 is 2.33 bits per heavy atom. The molecular formula is C18H26NO7P. The van der Waals surface area contributed by atoms with Crippen molar-refractivity contribution in [3.05, 3.63) is 29.3 Å². The highest BCUT2D eigenvalue weighted by atomic mass is 31.2. The highest BCUT2D eigenvalue weighted by Crippen LogP contribution is 2.48. The fraction of sp³-hybridized carbons (Fsp3) is 0.556. The van der Waals surface area contributed by atoms with Crippen molar-refractivity contribution in [3.8, 4) is 0 Å². The van der Waals surface area contributed by atoms with E-state index in [0.29, 0.717) is 12.0 Å². The van der Waals surface area contributed by atoms with Gasteiger partial charge < -0.3 is 18.9 Å². The number of hydrogen-bond acceptors (Lipinski definition) is 6. The van der Waals surface area contributed by atoms with Crippen LogP contribution in [0.25, 0.3) is 0 Å². The van der Waals surface area contributed by atoms with Crippen LogP contribution in [0.4, 0.5) is 4.79 Å². The smallest absolute Gasteiger partial charge is 0.410 e. The monoisotopic (exact) mass is 399 g/mol. The molecule has 1 N–H and O–H groups in total. The summed E-state index contributed by atoms with van der Waals surface area (Å²) < 4.78 is 28.9. The third-order valence-electron chi connectivity index (χ3n) is 4.58. The predicted octanol–water partition coefficient (Wildman–Crippen LogP) is 2.89. The van der Waals surface area contributed by atoms with Crippen LogP contribution in [-0.2, 0) is 35.1 Å². The molecule has 2 rings (SSSR count). The van der Waals surface area contributed by atoms with Gasteiger partial charge in [0.2, 0.25) is 0 Å². The van der Waals surface area contributed by atoms with Crippen LogP contribution in [0.3, 0.4) is 0 Å². The number of nitrogens with zero attached hydrogens (tertiary/aromatic N) is 1. The van der Waals surface area contributed by atoms with Gasteiger partial charge in [-0.3, -0.25) is 9.46 Å². The molecule has 1 atom stereocenters. The van der Waals surface area contributed by atoms with Gasteiger partial charge >= 0.3 is 19.7 Å². The van der Waals surface area contributed by atoms with Crippen LogP contribution in [0.15, 0.2) is 18.2 Å². The van der Waals surface area contributed by atoms with E-state index in [-0.39, 0.29) is 31.7 Å². The Hall–Kier alpha value is -1.89. The third-order valence-corrected chi connectivity index (χ3v) is 6.69. The summed E-state index contributed by atoms with van der Waals surface area (Å²) in [5, 5.41) is 10.2. The van der Waals surface area contributed by atoms with Crippen LogP contribution in [-0.4, -0.2) is 48.4 Å². The molecule has 8 nitrogen and oxygen atoms in total. The van der Waals surface area contributed by atoms with E-state index in [2.05, 4.69) is 0 Å². The van der Waals surface area contributed by atoms with Crippen molar-refractivity contribution in [3.63, 3.8) is 0 Å². The Morgan fingerprint density at radius 1 is 1.19 bits per heavy atom. The van der Waals surface area contributed by atoms with E-state index in [1.165, 1.54) is 17.9 Å². The first-order chi connectivity index (χ1) is 12.7. The Labute approximate surface area is 158 Å². The van der Waals surface area contributed by atoms with E-state index < -0.39 is 25.2 Å². The summed E-state index contributed by atoms with van der Waals surface area (Å²) in [6.07, 6.45) is -0.235. The molecule has 1 aliphatic rings. The van der Waals surface area contributed by atoms with Crippen molar-refractivity contribution in [2.75, 3.05) is 26.4 Å². The van der Waals surface area contributed by atoms with Crippen LogP contribution in [0.2, 0.25) is 0 Å². The van der Waals surface area contributed by atoms with Crippen LogP contribution >= 0.6 is 7.60 Å². The van der Waals surface area contributed by atoms with Gasteiger partial charge in [-0.05, 0) is 57.4 Å². The van der Waals surface area contributed by atoms with Gasteiger partial charge in [-0.1, -0.05) is 6.07 Å². The number of hydrogen-bond donors (Lipinski definition) is 1. The van der Waals surface area contributed by atoms with E-state index in [9.17, 15) is 19.3 Å². The van der Waals surface area contributed by atoms with Crippen LogP contribution in [0, 0.1) is 0 Å². The van der Waals surface area contributed by atoms with Gasteiger partial charge in [-0.2, -0.15) is 0 Å². The number of ether oxygens (including phenoxy) is 1. The number of carboxylic acid groups (broad SMARTS) is 1. The van der Waals surface area contributed by atoms with Crippen molar-refractivity contribution >= 4 is 25.0 Å². The Kier molecular flexibility index (Phi) is 6.68. The lowest BCUT2D eigenvalue weighted by molar-refractivity contribution is -0.150. The number of fused-ring (bicyclic) bond motifs is 1. The first-order valence-corrected chi connectivity index (χ1v) is 10.5. The summed E-state index contributed by atoms with van der Waals surface area (Å²) in [7, 11) is -3.59. The second-order valence-corrected chi connectivity index (χ2v) is 8.18. The Morgan fingerprint density at radius 2 is 1.81 bits per heavy atom. The number of carbonyl (C=O) groups excluding carboxylic acids is 1. The first-order valence-electron chi connectivity index (χ1n) is 8.95. The third kappa shape index (κ3) is 3.88. The SMILES string of the molecule is CCOC(=O)N1CCc2ccc(P(=O)(OCC)OCC)cc2C1(C)C(=O)O. The normalized spacial score (nSPS) is 19.5. The van der Waals surface area contributed by atoms with Crippen LogP contribution in [0.1, 0.15) is 38.8 Å². The minimum absolute atomic E-state index is 0.141. The number of carboxylic acids is 1. The van der Waals surface area contributed by atoms with Gasteiger partial charge in [0.1, 0.15) is 0 Å². The average Bonchev–Trinajstić information content (AvgIpc) is 2.62. The molecule has 0 fully saturated rings. The summed E-state index contributed by atoms with van der Waals surface area (Å²) in [4.78, 5) is 25.7. The summed E-state index contributed by atoms with van der Waals surface area (Å²) >= 11 is 0. The predicted molar refractivity (Wildman–Crippen MR) is 99.4 cm³/mol. The zero-order valence-corrected chi connectivity index (χ0v) is 17.0. The van der Waals surface area contributed by atoms with E-state index in [1.54, 1.807) is 32.9 Å². The number of aliphatic carboxylic acids is 1. The van der Waals surface area contributed by atoms with Gasteiger partial charge in [0.05, 0.1) is 25.1 Å². The number of benzene rings is 1. The molecule has 0 bridgehead atoms. The highest BCUT2D eigenvalue weighted by molar-refractivity contribution is 7.62. The molecule has 27 heavy (non-hydrogen) atoms. The lowest BCUT2D eigenvalue weighted by Crippen LogP contribution is -2.56. The first kappa shape index (κ1) is 21.4. The molecule has 1 aliphatic heterocycles. The minimum atomic E-state index is -3.59. The number of rotatable bonds is 7. The molecule has 1 heterocycles. The fourth-order valence-corrected chi connectivity index (χ4v) is 4.84. The van der Waals surface area contributed by atoms with Crippen molar-refractivity contribution < 1.29 is 33.0 Å². The molecule has 0 spiro atoms. The van der Waals surface area contributed by atoms with Gasteiger partial charge in [0.25, 0.3) is 0 Å². The molecule has 1 unspecified atom stereocenters. The molecule has 9 heteroatoms. The maximum atomic E-state index is 13.1. The summed E-state index contributed by atoms with van der Waals surface area (Å²) in [6, 6.07) is 4.87. The lowest BCUT2D eigenvalue weighted by atomic mass is 9.82. The second kappa shape index (κ2) is 8.42. The van der Waals surface area contributed by atoms with Gasteiger partial charge in [-0.15, -0.1) is 0 Å². The summed E-state index contributed by atoms with van der Waals surface area (Å²) in [6.45, 7) is 7.22. The molecule has 0 radical (unpaired) electrons. The molecular weight excluding hydrogens is 373 g/mol. The molecule has 150 valence electrons.